The van der Waals surface area contributed by atoms with Crippen LogP contribution in [0.15, 0.2) is 24.3 Å². The highest BCUT2D eigenvalue weighted by molar-refractivity contribution is 5.74. The van der Waals surface area contributed by atoms with Crippen LogP contribution in [0.25, 0.3) is 0 Å². The second-order valence-corrected chi connectivity index (χ2v) is 3.22. The highest BCUT2D eigenvalue weighted by atomic mass is 16.4. The molecule has 0 saturated heterocycles. The first-order chi connectivity index (χ1) is 7.69. The van der Waals surface area contributed by atoms with Crippen LogP contribution in [0.4, 0.5) is 5.69 Å². The number of anilines is 1. The summed E-state index contributed by atoms with van der Waals surface area (Å²) in [4.78, 5) is 10.7. The molecule has 0 aromatic heterocycles. The minimum absolute atomic E-state index is 0.227. The number of hydrogen-bond donors (Lipinski definition) is 3. The zero-order valence-electron chi connectivity index (χ0n) is 8.90. The topological polar surface area (TPSA) is 85.1 Å². The standard InChI is InChI=1S/C11H13N3O2/c1-13-10(11(15)16)7-14-9-5-3-2-4-8(9)6-12/h2-5,10,13-14H,7H2,1H3,(H,15,16). The Kier molecular flexibility index (Phi) is 4.30. The van der Waals surface area contributed by atoms with Gasteiger partial charge in [-0.1, -0.05) is 12.1 Å². The van der Waals surface area contributed by atoms with Crippen molar-refractivity contribution in [3.63, 3.8) is 0 Å². The molecule has 0 saturated carbocycles. The van der Waals surface area contributed by atoms with E-state index in [-0.39, 0.29) is 6.54 Å². The van der Waals surface area contributed by atoms with Crippen LogP contribution in [0.2, 0.25) is 0 Å². The highest BCUT2D eigenvalue weighted by Crippen LogP contribution is 2.13. The molecule has 0 bridgehead atoms. The molecule has 0 aliphatic rings. The smallest absolute Gasteiger partial charge is 0.322 e. The number of nitrogens with zero attached hydrogens (tertiary/aromatic N) is 1. The minimum atomic E-state index is -0.926. The second kappa shape index (κ2) is 5.73. The lowest BCUT2D eigenvalue weighted by molar-refractivity contribution is -0.138. The molecule has 1 atom stereocenters. The van der Waals surface area contributed by atoms with Crippen molar-refractivity contribution in [1.29, 1.82) is 5.26 Å². The summed E-state index contributed by atoms with van der Waals surface area (Å²) >= 11 is 0. The monoisotopic (exact) mass is 219 g/mol. The lowest BCUT2D eigenvalue weighted by Crippen LogP contribution is -2.39. The van der Waals surface area contributed by atoms with Gasteiger partial charge in [0.1, 0.15) is 12.1 Å². The van der Waals surface area contributed by atoms with Crippen LogP contribution in [0.5, 0.6) is 0 Å². The molecule has 16 heavy (non-hydrogen) atoms. The summed E-state index contributed by atoms with van der Waals surface area (Å²) in [5.41, 5.74) is 1.15. The summed E-state index contributed by atoms with van der Waals surface area (Å²) < 4.78 is 0. The van der Waals surface area contributed by atoms with E-state index in [4.69, 9.17) is 10.4 Å². The lowest BCUT2D eigenvalue weighted by atomic mass is 10.2. The number of benzene rings is 1. The van der Waals surface area contributed by atoms with E-state index in [2.05, 4.69) is 10.6 Å². The molecule has 0 aliphatic heterocycles. The number of carboxylic acid groups (broad SMARTS) is 1. The number of likely N-dealkylation sites (N-methyl/N-ethyl adjacent to an activating group) is 1. The van der Waals surface area contributed by atoms with E-state index in [1.54, 1.807) is 31.3 Å². The largest absolute Gasteiger partial charge is 0.480 e. The number of rotatable bonds is 5. The predicted molar refractivity (Wildman–Crippen MR) is 60.1 cm³/mol. The maximum absolute atomic E-state index is 10.7. The number of nitrogens with one attached hydrogen (secondary N) is 2. The maximum Gasteiger partial charge on any atom is 0.322 e. The van der Waals surface area contributed by atoms with Crippen molar-refractivity contribution in [3.8, 4) is 6.07 Å². The van der Waals surface area contributed by atoms with Gasteiger partial charge in [-0.2, -0.15) is 5.26 Å². The summed E-state index contributed by atoms with van der Waals surface area (Å²) in [6, 6.07) is 8.33. The summed E-state index contributed by atoms with van der Waals surface area (Å²) in [7, 11) is 1.58. The van der Waals surface area contributed by atoms with E-state index in [1.165, 1.54) is 0 Å². The van der Waals surface area contributed by atoms with Crippen molar-refractivity contribution < 1.29 is 9.90 Å². The molecule has 3 N–H and O–H groups in total. The third-order valence-electron chi connectivity index (χ3n) is 2.19. The second-order valence-electron chi connectivity index (χ2n) is 3.22. The first-order valence-corrected chi connectivity index (χ1v) is 4.82. The van der Waals surface area contributed by atoms with Gasteiger partial charge < -0.3 is 15.7 Å². The number of para-hydroxylation sites is 1. The Bertz CT molecular complexity index is 412. The molecule has 0 heterocycles. The third-order valence-corrected chi connectivity index (χ3v) is 2.19. The fraction of sp³-hybridized carbons (Fsp3) is 0.273. The summed E-state index contributed by atoms with van der Waals surface area (Å²) in [5, 5.41) is 23.2. The Morgan fingerprint density at radius 1 is 1.56 bits per heavy atom. The van der Waals surface area contributed by atoms with Gasteiger partial charge in [-0.3, -0.25) is 4.79 Å². The number of nitriles is 1. The normalized spacial score (nSPS) is 11.5. The quantitative estimate of drug-likeness (QED) is 0.676. The van der Waals surface area contributed by atoms with E-state index in [9.17, 15) is 4.79 Å². The number of hydrogen-bond acceptors (Lipinski definition) is 4. The molecule has 5 nitrogen and oxygen atoms in total. The SMILES string of the molecule is CNC(CNc1ccccc1C#N)C(=O)O. The third kappa shape index (κ3) is 2.97. The molecule has 0 radical (unpaired) electrons. The molecule has 0 fully saturated rings. The van der Waals surface area contributed by atoms with Crippen molar-refractivity contribution in [3.05, 3.63) is 29.8 Å². The minimum Gasteiger partial charge on any atom is -0.480 e. The number of carbonyl (C=O) groups is 1. The number of aliphatic carboxylic acids is 1. The Morgan fingerprint density at radius 3 is 2.81 bits per heavy atom. The van der Waals surface area contributed by atoms with Crippen molar-refractivity contribution >= 4 is 11.7 Å². The molecule has 0 amide bonds. The molecule has 1 aromatic carbocycles. The zero-order valence-corrected chi connectivity index (χ0v) is 8.90. The Balaban J connectivity index is 2.67. The summed E-state index contributed by atoms with van der Waals surface area (Å²) in [6.07, 6.45) is 0. The van der Waals surface area contributed by atoms with Crippen molar-refractivity contribution in [2.45, 2.75) is 6.04 Å². The van der Waals surface area contributed by atoms with E-state index in [1.807, 2.05) is 6.07 Å². The fourth-order valence-corrected chi connectivity index (χ4v) is 1.26. The molecular weight excluding hydrogens is 206 g/mol. The number of carboxylic acids is 1. The summed E-state index contributed by atoms with van der Waals surface area (Å²) in [6.45, 7) is 0.227. The molecule has 84 valence electrons. The van der Waals surface area contributed by atoms with Crippen molar-refractivity contribution in [2.24, 2.45) is 0 Å². The van der Waals surface area contributed by atoms with Crippen molar-refractivity contribution in [1.82, 2.24) is 5.32 Å². The van der Waals surface area contributed by atoms with Gasteiger partial charge in [-0.05, 0) is 19.2 Å². The van der Waals surface area contributed by atoms with Crippen LogP contribution >= 0.6 is 0 Å². The van der Waals surface area contributed by atoms with Gasteiger partial charge in [0.15, 0.2) is 0 Å². The van der Waals surface area contributed by atoms with Gasteiger partial charge in [0, 0.05) is 6.54 Å². The van der Waals surface area contributed by atoms with Crippen LogP contribution in [0.1, 0.15) is 5.56 Å². The van der Waals surface area contributed by atoms with Gasteiger partial charge in [-0.25, -0.2) is 0 Å². The van der Waals surface area contributed by atoms with Crippen LogP contribution in [0, 0.1) is 11.3 Å². The van der Waals surface area contributed by atoms with E-state index < -0.39 is 12.0 Å². The lowest BCUT2D eigenvalue weighted by Gasteiger charge is -2.13. The summed E-state index contributed by atoms with van der Waals surface area (Å²) in [5.74, 6) is -0.926. The van der Waals surface area contributed by atoms with E-state index in [0.717, 1.165) is 0 Å². The molecule has 1 unspecified atom stereocenters. The first-order valence-electron chi connectivity index (χ1n) is 4.82. The molecule has 0 spiro atoms. The average Bonchev–Trinajstić information content (AvgIpc) is 2.30. The van der Waals surface area contributed by atoms with Gasteiger partial charge in [-0.15, -0.1) is 0 Å². The maximum atomic E-state index is 10.7. The van der Waals surface area contributed by atoms with Gasteiger partial charge >= 0.3 is 5.97 Å². The van der Waals surface area contributed by atoms with Crippen LogP contribution in [-0.2, 0) is 4.79 Å². The van der Waals surface area contributed by atoms with Crippen LogP contribution in [-0.4, -0.2) is 30.7 Å². The molecule has 1 aromatic rings. The first kappa shape index (κ1) is 12.0. The van der Waals surface area contributed by atoms with Crippen molar-refractivity contribution in [2.75, 3.05) is 18.9 Å². The van der Waals surface area contributed by atoms with Crippen LogP contribution < -0.4 is 10.6 Å². The zero-order chi connectivity index (χ0) is 12.0. The fourth-order valence-electron chi connectivity index (χ4n) is 1.26. The Hall–Kier alpha value is -2.06. The van der Waals surface area contributed by atoms with E-state index >= 15 is 0 Å². The van der Waals surface area contributed by atoms with E-state index in [0.29, 0.717) is 11.3 Å². The molecule has 0 aliphatic carbocycles. The van der Waals surface area contributed by atoms with Gasteiger partial charge in [0.05, 0.1) is 11.3 Å². The van der Waals surface area contributed by atoms with Gasteiger partial charge in [0.2, 0.25) is 0 Å². The van der Waals surface area contributed by atoms with Gasteiger partial charge in [0.25, 0.3) is 0 Å². The molecular formula is C11H13N3O2. The average molecular weight is 219 g/mol. The molecule has 1 rings (SSSR count). The Morgan fingerprint density at radius 2 is 2.25 bits per heavy atom. The Labute approximate surface area is 93.7 Å². The van der Waals surface area contributed by atoms with Crippen LogP contribution in [0.3, 0.4) is 0 Å². The predicted octanol–water partition coefficient (Wildman–Crippen LogP) is 0.643. The highest BCUT2D eigenvalue weighted by Gasteiger charge is 2.14. The molecule has 5 heteroatoms.